The molecule has 0 unspecified atom stereocenters. The van der Waals surface area contributed by atoms with Crippen molar-refractivity contribution in [3.05, 3.63) is 78.1 Å². The summed E-state index contributed by atoms with van der Waals surface area (Å²) in [5.41, 5.74) is 4.93. The quantitative estimate of drug-likeness (QED) is 0.274. The lowest BCUT2D eigenvalue weighted by atomic mass is 10.1. The van der Waals surface area contributed by atoms with Crippen molar-refractivity contribution >= 4 is 39.6 Å². The van der Waals surface area contributed by atoms with Gasteiger partial charge in [-0.05, 0) is 68.1 Å². The number of carbonyl (C=O) groups is 1. The number of amides is 1. The van der Waals surface area contributed by atoms with E-state index in [4.69, 9.17) is 4.98 Å². The van der Waals surface area contributed by atoms with Crippen LogP contribution in [0.25, 0.3) is 16.9 Å². The third-order valence-corrected chi connectivity index (χ3v) is 7.49. The molecule has 0 aromatic carbocycles. The number of piperidine rings is 1. The van der Waals surface area contributed by atoms with Crippen molar-refractivity contribution in [1.29, 1.82) is 0 Å². The number of aromatic nitrogens is 6. The summed E-state index contributed by atoms with van der Waals surface area (Å²) in [6, 6.07) is 5.39. The van der Waals surface area contributed by atoms with E-state index in [1.165, 1.54) is 43.1 Å². The van der Waals surface area contributed by atoms with E-state index in [2.05, 4.69) is 40.9 Å². The molecule has 1 amide bonds. The Morgan fingerprint density at radius 2 is 1.98 bits per heavy atom. The van der Waals surface area contributed by atoms with Crippen LogP contribution in [0.5, 0.6) is 0 Å². The van der Waals surface area contributed by atoms with Gasteiger partial charge in [0.05, 0.1) is 41.6 Å². The van der Waals surface area contributed by atoms with Gasteiger partial charge in [0.25, 0.3) is 0 Å². The predicted octanol–water partition coefficient (Wildman–Crippen LogP) is 5.00. The highest BCUT2D eigenvalue weighted by atomic mass is 32.1. The number of aryl methyl sites for hydroxylation is 1. The Morgan fingerprint density at radius 1 is 1.10 bits per heavy atom. The van der Waals surface area contributed by atoms with Crippen LogP contribution in [0, 0.1) is 12.7 Å². The van der Waals surface area contributed by atoms with Crippen LogP contribution in [-0.4, -0.2) is 52.6 Å². The van der Waals surface area contributed by atoms with E-state index in [-0.39, 0.29) is 18.0 Å². The maximum Gasteiger partial charge on any atom is 0.228 e. The summed E-state index contributed by atoms with van der Waals surface area (Å²) in [5.74, 6) is -0.293. The molecule has 204 valence electrons. The predicted molar refractivity (Wildman–Crippen MR) is 152 cm³/mol. The molecule has 40 heavy (non-hydrogen) atoms. The lowest BCUT2D eigenvalue weighted by Gasteiger charge is -2.25. The summed E-state index contributed by atoms with van der Waals surface area (Å²) in [4.78, 5) is 32.4. The molecule has 0 saturated carbocycles. The van der Waals surface area contributed by atoms with Gasteiger partial charge < -0.3 is 10.6 Å². The van der Waals surface area contributed by atoms with Gasteiger partial charge in [-0.25, -0.2) is 14.4 Å². The fraction of sp³-hybridized carbons (Fsp3) is 0.286. The summed E-state index contributed by atoms with van der Waals surface area (Å²) in [6.45, 7) is 5.05. The van der Waals surface area contributed by atoms with Crippen molar-refractivity contribution in [2.75, 3.05) is 23.7 Å². The normalized spacial score (nSPS) is 13.9. The SMILES string of the molecule is Cc1cn2c(-c3cncc(CC(=O)Nc4ccncc4F)c3)cnc2c(Nc2cc(CN3CCCCC3)ns2)n1. The first-order valence-corrected chi connectivity index (χ1v) is 13.9. The Bertz CT molecular complexity index is 1660. The molecule has 0 aliphatic carbocycles. The van der Waals surface area contributed by atoms with Crippen LogP contribution in [0.15, 0.2) is 55.4 Å². The monoisotopic (exact) mass is 557 g/mol. The third-order valence-electron chi connectivity index (χ3n) is 6.75. The molecule has 0 spiro atoms. The van der Waals surface area contributed by atoms with Crippen LogP contribution in [0.4, 0.5) is 20.9 Å². The smallest absolute Gasteiger partial charge is 0.228 e. The minimum Gasteiger partial charge on any atom is -0.328 e. The number of likely N-dealkylation sites (tertiary alicyclic amines) is 1. The van der Waals surface area contributed by atoms with Crippen molar-refractivity contribution < 1.29 is 9.18 Å². The largest absolute Gasteiger partial charge is 0.328 e. The number of hydrogen-bond donors (Lipinski definition) is 2. The second-order valence-electron chi connectivity index (χ2n) is 9.87. The van der Waals surface area contributed by atoms with E-state index in [0.29, 0.717) is 17.0 Å². The number of carbonyl (C=O) groups excluding carboxylic acids is 1. The van der Waals surface area contributed by atoms with Gasteiger partial charge in [0.1, 0.15) is 5.00 Å². The number of pyridine rings is 2. The number of hydrogen-bond acceptors (Lipinski definition) is 9. The first kappa shape index (κ1) is 26.0. The molecular weight excluding hydrogens is 529 g/mol. The third kappa shape index (κ3) is 5.82. The van der Waals surface area contributed by atoms with Crippen LogP contribution in [-0.2, 0) is 17.8 Å². The molecule has 5 aromatic heterocycles. The summed E-state index contributed by atoms with van der Waals surface area (Å²) in [7, 11) is 0. The lowest BCUT2D eigenvalue weighted by Crippen LogP contribution is -2.29. The Labute approximate surface area is 234 Å². The number of nitrogens with one attached hydrogen (secondary N) is 2. The molecule has 0 radical (unpaired) electrons. The molecule has 1 aliphatic heterocycles. The van der Waals surface area contributed by atoms with Crippen molar-refractivity contribution in [1.82, 2.24) is 33.6 Å². The molecule has 0 bridgehead atoms. The van der Waals surface area contributed by atoms with E-state index in [9.17, 15) is 9.18 Å². The summed E-state index contributed by atoms with van der Waals surface area (Å²) in [6.07, 6.45) is 13.4. The highest BCUT2D eigenvalue weighted by Gasteiger charge is 2.16. The van der Waals surface area contributed by atoms with Gasteiger partial charge in [-0.1, -0.05) is 6.42 Å². The minimum absolute atomic E-state index is 0.0396. The highest BCUT2D eigenvalue weighted by Crippen LogP contribution is 2.28. The fourth-order valence-electron chi connectivity index (χ4n) is 4.90. The van der Waals surface area contributed by atoms with Gasteiger partial charge in [0, 0.05) is 36.9 Å². The zero-order valence-corrected chi connectivity index (χ0v) is 22.8. The van der Waals surface area contributed by atoms with Crippen molar-refractivity contribution in [3.8, 4) is 11.3 Å². The second-order valence-corrected chi connectivity index (χ2v) is 10.7. The molecule has 2 N–H and O–H groups in total. The summed E-state index contributed by atoms with van der Waals surface area (Å²) < 4.78 is 20.5. The van der Waals surface area contributed by atoms with Crippen LogP contribution >= 0.6 is 11.5 Å². The zero-order valence-electron chi connectivity index (χ0n) is 22.0. The Kier molecular flexibility index (Phi) is 7.43. The van der Waals surface area contributed by atoms with Crippen LogP contribution < -0.4 is 10.6 Å². The van der Waals surface area contributed by atoms with Gasteiger partial charge in [-0.15, -0.1) is 0 Å². The number of fused-ring (bicyclic) bond motifs is 1. The minimum atomic E-state index is -0.585. The van der Waals surface area contributed by atoms with Crippen molar-refractivity contribution in [2.24, 2.45) is 0 Å². The van der Waals surface area contributed by atoms with Crippen molar-refractivity contribution in [3.63, 3.8) is 0 Å². The van der Waals surface area contributed by atoms with E-state index in [1.54, 1.807) is 18.6 Å². The Morgan fingerprint density at radius 3 is 2.83 bits per heavy atom. The van der Waals surface area contributed by atoms with E-state index < -0.39 is 5.82 Å². The second kappa shape index (κ2) is 11.4. The molecule has 10 nitrogen and oxygen atoms in total. The average Bonchev–Trinajstić information content (AvgIpc) is 3.57. The molecule has 6 rings (SSSR count). The molecule has 1 saturated heterocycles. The van der Waals surface area contributed by atoms with E-state index >= 15 is 0 Å². The Hall–Kier alpha value is -4.29. The Balaban J connectivity index is 1.20. The first-order chi connectivity index (χ1) is 19.5. The fourth-order valence-corrected chi connectivity index (χ4v) is 5.55. The van der Waals surface area contributed by atoms with Gasteiger partial charge in [-0.3, -0.25) is 24.1 Å². The molecule has 5 aromatic rings. The number of rotatable bonds is 8. The van der Waals surface area contributed by atoms with Crippen LogP contribution in [0.2, 0.25) is 0 Å². The molecule has 0 atom stereocenters. The van der Waals surface area contributed by atoms with Gasteiger partial charge in [-0.2, -0.15) is 4.37 Å². The summed E-state index contributed by atoms with van der Waals surface area (Å²) >= 11 is 1.42. The molecular formula is C28H28FN9OS. The standard InChI is InChI=1S/C28H28FN9OS/c1-18-16-38-24(20-9-19(12-31-13-20)10-25(39)34-23-5-6-30-14-22(23)29)15-32-28(38)27(33-18)35-26-11-21(36-40-26)17-37-7-3-2-4-8-37/h5-6,9,11-16H,2-4,7-8,10,17H2,1H3,(H,33,35)(H,30,34,39). The number of halogens is 1. The highest BCUT2D eigenvalue weighted by molar-refractivity contribution is 7.10. The first-order valence-electron chi connectivity index (χ1n) is 13.2. The van der Waals surface area contributed by atoms with Crippen LogP contribution in [0.3, 0.4) is 0 Å². The van der Waals surface area contributed by atoms with E-state index in [0.717, 1.165) is 53.5 Å². The topological polar surface area (TPSA) is 113 Å². The van der Waals surface area contributed by atoms with Gasteiger partial charge in [0.2, 0.25) is 5.91 Å². The maximum absolute atomic E-state index is 13.9. The molecule has 1 fully saturated rings. The lowest BCUT2D eigenvalue weighted by molar-refractivity contribution is -0.115. The molecule has 6 heterocycles. The molecule has 1 aliphatic rings. The van der Waals surface area contributed by atoms with Gasteiger partial charge in [0.15, 0.2) is 17.3 Å². The van der Waals surface area contributed by atoms with Crippen molar-refractivity contribution in [2.45, 2.75) is 39.2 Å². The number of nitrogens with zero attached hydrogens (tertiary/aromatic N) is 7. The zero-order chi connectivity index (χ0) is 27.5. The van der Waals surface area contributed by atoms with Gasteiger partial charge >= 0.3 is 0 Å². The average molecular weight is 558 g/mol. The van der Waals surface area contributed by atoms with E-state index in [1.807, 2.05) is 23.6 Å². The van der Waals surface area contributed by atoms with Crippen LogP contribution in [0.1, 0.15) is 36.2 Å². The summed E-state index contributed by atoms with van der Waals surface area (Å²) in [5, 5.41) is 6.91. The molecule has 12 heteroatoms. The number of anilines is 3. The number of imidazole rings is 1. The maximum atomic E-state index is 13.9.